The number of carboxylic acid groups (broad SMARTS) is 1. The lowest BCUT2D eigenvalue weighted by atomic mass is 10.1. The van der Waals surface area contributed by atoms with Crippen LogP contribution in [0.3, 0.4) is 0 Å². The minimum absolute atomic E-state index is 0.0394. The zero-order valence-corrected chi connectivity index (χ0v) is 18.8. The van der Waals surface area contributed by atoms with Crippen molar-refractivity contribution in [2.45, 2.75) is 24.7 Å². The Bertz CT molecular complexity index is 1120. The number of aromatic amines is 1. The monoisotopic (exact) mass is 485 g/mol. The molecule has 1 aliphatic rings. The van der Waals surface area contributed by atoms with E-state index >= 15 is 0 Å². The highest BCUT2D eigenvalue weighted by Gasteiger charge is 2.38. The Labute approximate surface area is 190 Å². The predicted molar refractivity (Wildman–Crippen MR) is 120 cm³/mol. The van der Waals surface area contributed by atoms with E-state index in [1.54, 1.807) is 23.1 Å². The van der Waals surface area contributed by atoms with Crippen molar-refractivity contribution in [1.29, 1.82) is 0 Å². The zero-order chi connectivity index (χ0) is 23.3. The maximum atomic E-state index is 12.6. The Morgan fingerprint density at radius 3 is 2.62 bits per heavy atom. The molecule has 11 heteroatoms. The van der Waals surface area contributed by atoms with Crippen LogP contribution in [0.1, 0.15) is 13.3 Å². The number of H-pyrrole nitrogens is 1. The van der Waals surface area contributed by atoms with Gasteiger partial charge in [-0.3, -0.25) is 4.79 Å². The van der Waals surface area contributed by atoms with E-state index in [9.17, 15) is 18.0 Å². The van der Waals surface area contributed by atoms with Gasteiger partial charge in [-0.15, -0.1) is 11.3 Å². The summed E-state index contributed by atoms with van der Waals surface area (Å²) >= 11 is 3.18. The van der Waals surface area contributed by atoms with Crippen molar-refractivity contribution in [3.05, 3.63) is 46.1 Å². The molecule has 0 radical (unpaired) electrons. The Balaban J connectivity index is 0.000000360. The number of aliphatic carboxylic acids is 1. The first-order valence-electron chi connectivity index (χ1n) is 9.87. The number of thioether (sulfide) groups is 1. The summed E-state index contributed by atoms with van der Waals surface area (Å²) in [5, 5.41) is 10.6. The number of carbonyl (C=O) groups is 1. The molecule has 3 aromatic rings. The third kappa shape index (κ3) is 6.33. The average Bonchev–Trinajstić information content (AvgIpc) is 3.35. The van der Waals surface area contributed by atoms with Crippen LogP contribution >= 0.6 is 23.1 Å². The van der Waals surface area contributed by atoms with Gasteiger partial charge >= 0.3 is 12.1 Å². The Kier molecular flexibility index (Phi) is 7.96. The number of carboxylic acids is 1. The molecule has 1 aromatic carbocycles. The van der Waals surface area contributed by atoms with E-state index < -0.39 is 12.1 Å². The lowest BCUT2D eigenvalue weighted by molar-refractivity contribution is -0.192. The van der Waals surface area contributed by atoms with Crippen molar-refractivity contribution in [2.75, 3.05) is 25.4 Å². The van der Waals surface area contributed by atoms with Crippen molar-refractivity contribution in [3.8, 4) is 11.1 Å². The maximum absolute atomic E-state index is 12.6. The number of fused-ring (bicyclic) bond motifs is 1. The van der Waals surface area contributed by atoms with Gasteiger partial charge in [-0.2, -0.15) is 13.2 Å². The summed E-state index contributed by atoms with van der Waals surface area (Å²) in [6, 6.07) is 10.0. The van der Waals surface area contributed by atoms with Crippen LogP contribution < -0.4 is 5.56 Å². The normalized spacial score (nSPS) is 16.7. The first-order chi connectivity index (χ1) is 15.1. The minimum Gasteiger partial charge on any atom is -0.475 e. The van der Waals surface area contributed by atoms with Crippen LogP contribution in [0.25, 0.3) is 21.3 Å². The van der Waals surface area contributed by atoms with Gasteiger partial charge in [-0.1, -0.05) is 49.0 Å². The zero-order valence-electron chi connectivity index (χ0n) is 17.2. The molecule has 0 spiro atoms. The number of hydrogen-bond acceptors (Lipinski definition) is 6. The lowest BCUT2D eigenvalue weighted by Crippen LogP contribution is -2.23. The smallest absolute Gasteiger partial charge is 0.475 e. The standard InChI is InChI=1S/C19H21N3OS2.C2HF3O2/c1-13-7-8-22(11-13)9-10-24-19-20-17(23)16-15(12-25-18(16)21-19)14-5-3-2-4-6-14;3-2(4,5)1(6)7/h2-6,12-13H,7-11H2,1H3,(H,20,21,23);(H,6,7). The maximum Gasteiger partial charge on any atom is 0.490 e. The SMILES string of the molecule is CC1CCN(CCSc2nc3scc(-c4ccccc4)c3c(=O)[nH]2)C1.O=C(O)C(F)(F)F. The molecule has 1 unspecified atom stereocenters. The van der Waals surface area contributed by atoms with Crippen LogP contribution in [0.2, 0.25) is 0 Å². The molecule has 0 aliphatic carbocycles. The highest BCUT2D eigenvalue weighted by atomic mass is 32.2. The number of benzene rings is 1. The first-order valence-corrected chi connectivity index (χ1v) is 11.7. The van der Waals surface area contributed by atoms with Crippen molar-refractivity contribution in [3.63, 3.8) is 0 Å². The highest BCUT2D eigenvalue weighted by molar-refractivity contribution is 7.99. The molecule has 1 aliphatic heterocycles. The van der Waals surface area contributed by atoms with Gasteiger partial charge < -0.3 is 15.0 Å². The molecule has 2 N–H and O–H groups in total. The van der Waals surface area contributed by atoms with E-state index in [4.69, 9.17) is 9.90 Å². The molecule has 2 aromatic heterocycles. The summed E-state index contributed by atoms with van der Waals surface area (Å²) in [7, 11) is 0. The highest BCUT2D eigenvalue weighted by Crippen LogP contribution is 2.31. The molecular formula is C21H22F3N3O3S2. The number of thiophene rings is 1. The Hall–Kier alpha value is -2.37. The number of alkyl halides is 3. The van der Waals surface area contributed by atoms with Crippen LogP contribution in [0.4, 0.5) is 13.2 Å². The van der Waals surface area contributed by atoms with Gasteiger partial charge in [0.05, 0.1) is 5.39 Å². The number of nitrogens with one attached hydrogen (secondary N) is 1. The van der Waals surface area contributed by atoms with Gasteiger partial charge in [0.1, 0.15) is 4.83 Å². The van der Waals surface area contributed by atoms with E-state index in [0.29, 0.717) is 5.39 Å². The van der Waals surface area contributed by atoms with Gasteiger partial charge in [0.15, 0.2) is 5.16 Å². The molecule has 0 bridgehead atoms. The number of rotatable bonds is 5. The van der Waals surface area contributed by atoms with Crippen LogP contribution in [0, 0.1) is 5.92 Å². The molecule has 0 amide bonds. The first kappa shape index (κ1) is 24.3. The van der Waals surface area contributed by atoms with Crippen molar-refractivity contribution in [2.24, 2.45) is 5.92 Å². The van der Waals surface area contributed by atoms with E-state index in [1.807, 2.05) is 35.7 Å². The fraction of sp³-hybridized carbons (Fsp3) is 0.381. The molecular weight excluding hydrogens is 463 g/mol. The third-order valence-electron chi connectivity index (χ3n) is 4.90. The van der Waals surface area contributed by atoms with Gasteiger partial charge in [-0.25, -0.2) is 9.78 Å². The fourth-order valence-corrected chi connectivity index (χ4v) is 5.20. The summed E-state index contributed by atoms with van der Waals surface area (Å²) in [5.74, 6) is -0.993. The summed E-state index contributed by atoms with van der Waals surface area (Å²) in [5.41, 5.74) is 1.99. The number of hydrogen-bond donors (Lipinski definition) is 2. The molecule has 1 saturated heterocycles. The average molecular weight is 486 g/mol. The molecule has 6 nitrogen and oxygen atoms in total. The fourth-order valence-electron chi connectivity index (χ4n) is 3.33. The van der Waals surface area contributed by atoms with Gasteiger partial charge in [-0.05, 0) is 24.4 Å². The Morgan fingerprint density at radius 2 is 2.03 bits per heavy atom. The van der Waals surface area contributed by atoms with Crippen molar-refractivity contribution >= 4 is 39.3 Å². The minimum atomic E-state index is -5.08. The number of likely N-dealkylation sites (tertiary alicyclic amines) is 1. The third-order valence-corrected chi connectivity index (χ3v) is 6.63. The second-order valence-corrected chi connectivity index (χ2v) is 9.35. The summed E-state index contributed by atoms with van der Waals surface area (Å²) in [4.78, 5) is 32.4. The second-order valence-electron chi connectivity index (χ2n) is 7.41. The van der Waals surface area contributed by atoms with Crippen molar-refractivity contribution < 1.29 is 23.1 Å². The van der Waals surface area contributed by atoms with E-state index in [0.717, 1.165) is 39.3 Å². The van der Waals surface area contributed by atoms with Gasteiger partial charge in [0.25, 0.3) is 5.56 Å². The van der Waals surface area contributed by atoms with Crippen LogP contribution in [0.15, 0.2) is 45.7 Å². The predicted octanol–water partition coefficient (Wildman–Crippen LogP) is 4.72. The van der Waals surface area contributed by atoms with Crippen LogP contribution in [-0.4, -0.2) is 57.5 Å². The molecule has 4 rings (SSSR count). The molecule has 0 saturated carbocycles. The second kappa shape index (κ2) is 10.5. The molecule has 3 heterocycles. The molecule has 1 atom stereocenters. The molecule has 1 fully saturated rings. The lowest BCUT2D eigenvalue weighted by Gasteiger charge is -2.14. The van der Waals surface area contributed by atoms with E-state index in [2.05, 4.69) is 21.8 Å². The van der Waals surface area contributed by atoms with Crippen LogP contribution in [-0.2, 0) is 4.79 Å². The molecule has 32 heavy (non-hydrogen) atoms. The quantitative estimate of drug-likeness (QED) is 0.402. The topological polar surface area (TPSA) is 86.3 Å². The van der Waals surface area contributed by atoms with Crippen molar-refractivity contribution in [1.82, 2.24) is 14.9 Å². The summed E-state index contributed by atoms with van der Waals surface area (Å²) < 4.78 is 31.7. The number of halogens is 3. The van der Waals surface area contributed by atoms with Gasteiger partial charge in [0, 0.05) is 29.8 Å². The summed E-state index contributed by atoms with van der Waals surface area (Å²) in [6.45, 7) is 5.74. The number of aromatic nitrogens is 2. The summed E-state index contributed by atoms with van der Waals surface area (Å²) in [6.07, 6.45) is -3.79. The van der Waals surface area contributed by atoms with E-state index in [-0.39, 0.29) is 5.56 Å². The van der Waals surface area contributed by atoms with Crippen LogP contribution in [0.5, 0.6) is 0 Å². The van der Waals surface area contributed by atoms with E-state index in [1.165, 1.54) is 19.5 Å². The largest absolute Gasteiger partial charge is 0.490 e. The molecule has 172 valence electrons. The number of nitrogens with zero attached hydrogens (tertiary/aromatic N) is 2. The van der Waals surface area contributed by atoms with Gasteiger partial charge in [0.2, 0.25) is 0 Å². The Morgan fingerprint density at radius 1 is 1.34 bits per heavy atom.